The Bertz CT molecular complexity index is 1390. The van der Waals surface area contributed by atoms with Gasteiger partial charge < -0.3 is 34.3 Å². The zero-order valence-electron chi connectivity index (χ0n) is 24.8. The van der Waals surface area contributed by atoms with Gasteiger partial charge in [0.1, 0.15) is 12.4 Å². The molecular weight excluding hydrogens is 552 g/mol. The van der Waals surface area contributed by atoms with Crippen LogP contribution in [0.5, 0.6) is 5.75 Å². The van der Waals surface area contributed by atoms with E-state index in [2.05, 4.69) is 44.9 Å². The molecule has 1 amide bonds. The number of nitrogens with zero attached hydrogens (tertiary/aromatic N) is 4. The molecule has 2 fully saturated rings. The van der Waals surface area contributed by atoms with Crippen molar-refractivity contribution >= 4 is 34.6 Å². The van der Waals surface area contributed by atoms with Crippen molar-refractivity contribution in [3.63, 3.8) is 0 Å². The minimum atomic E-state index is -0.265. The van der Waals surface area contributed by atoms with E-state index in [4.69, 9.17) is 31.4 Å². The number of hydrogen-bond acceptors (Lipinski definition) is 7. The van der Waals surface area contributed by atoms with Crippen LogP contribution in [0.25, 0.3) is 0 Å². The number of methoxy groups -OCH3 is 2. The average molecular weight is 593 g/mol. The average Bonchev–Trinajstić information content (AvgIpc) is 3.49. The fourth-order valence-corrected chi connectivity index (χ4v) is 6.30. The number of aryl methyl sites for hydroxylation is 1. The Morgan fingerprint density at radius 3 is 2.67 bits per heavy atom. The quantitative estimate of drug-likeness (QED) is 0.321. The molecule has 2 N–H and O–H groups in total. The summed E-state index contributed by atoms with van der Waals surface area (Å²) in [7, 11) is 3.07. The molecule has 11 heteroatoms. The number of aromatic nitrogens is 2. The molecule has 2 atom stereocenters. The number of thiocarbonyl (C=S) groups is 1. The van der Waals surface area contributed by atoms with Gasteiger partial charge in [-0.3, -0.25) is 14.7 Å². The first kappa shape index (κ1) is 30.0. The lowest BCUT2D eigenvalue weighted by Gasteiger charge is -2.29. The number of amides is 1. The van der Waals surface area contributed by atoms with Crippen molar-refractivity contribution in [2.75, 3.05) is 63.9 Å². The lowest BCUT2D eigenvalue weighted by atomic mass is 9.96. The van der Waals surface area contributed by atoms with Gasteiger partial charge in [-0.05, 0) is 74.4 Å². The maximum Gasteiger partial charge on any atom is 0.250 e. The van der Waals surface area contributed by atoms with Crippen molar-refractivity contribution in [2.45, 2.75) is 38.9 Å². The van der Waals surface area contributed by atoms with Crippen LogP contribution in [0.1, 0.15) is 41.1 Å². The van der Waals surface area contributed by atoms with E-state index in [9.17, 15) is 4.79 Å². The highest BCUT2D eigenvalue weighted by Gasteiger charge is 2.42. The minimum Gasteiger partial charge on any atom is -0.495 e. The molecule has 0 radical (unpaired) electrons. The lowest BCUT2D eigenvalue weighted by Crippen LogP contribution is -2.37. The molecule has 2 aliphatic heterocycles. The molecule has 0 unspecified atom stereocenters. The van der Waals surface area contributed by atoms with Crippen molar-refractivity contribution in [3.05, 3.63) is 71.3 Å². The van der Waals surface area contributed by atoms with Gasteiger partial charge in [-0.25, -0.2) is 0 Å². The Morgan fingerprint density at radius 2 is 1.95 bits per heavy atom. The zero-order chi connectivity index (χ0) is 29.6. The molecule has 42 heavy (non-hydrogen) atoms. The van der Waals surface area contributed by atoms with Crippen LogP contribution in [0.4, 0.5) is 11.4 Å². The van der Waals surface area contributed by atoms with Gasteiger partial charge in [-0.15, -0.1) is 0 Å². The highest BCUT2D eigenvalue weighted by atomic mass is 32.1. The van der Waals surface area contributed by atoms with Gasteiger partial charge in [-0.1, -0.05) is 6.07 Å². The lowest BCUT2D eigenvalue weighted by molar-refractivity contribution is -0.119. The Hall–Kier alpha value is -3.51. The summed E-state index contributed by atoms with van der Waals surface area (Å²) in [6.45, 7) is 9.91. The number of morpholine rings is 1. The Morgan fingerprint density at radius 1 is 1.14 bits per heavy atom. The van der Waals surface area contributed by atoms with E-state index in [1.165, 1.54) is 24.1 Å². The SMILES string of the molecule is COCC(=O)Nc1cc(N2C(=S)N[C@@H](c3ccccn3)[C@H]2c2cc(C)n(CCCN3CCOCC3)c2C)ccc1OC. The molecular formula is C31H40N6O4S. The van der Waals surface area contributed by atoms with Gasteiger partial charge in [0.25, 0.3) is 0 Å². The number of nitrogens with one attached hydrogen (secondary N) is 2. The second-order valence-electron chi connectivity index (χ2n) is 10.6. The normalized spacial score (nSPS) is 19.1. The summed E-state index contributed by atoms with van der Waals surface area (Å²) in [5.41, 5.74) is 5.90. The first-order valence-corrected chi connectivity index (χ1v) is 14.8. The van der Waals surface area contributed by atoms with Gasteiger partial charge in [0.15, 0.2) is 5.11 Å². The monoisotopic (exact) mass is 592 g/mol. The molecule has 0 saturated carbocycles. The summed E-state index contributed by atoms with van der Waals surface area (Å²) in [5.74, 6) is 0.288. The standard InChI is InChI=1S/C31H40N6O4S/c1-21-18-24(22(2)36(21)13-7-12-35-14-16-41-17-15-35)30-29(25-8-5-6-11-32-25)34-31(42)37(30)23-9-10-27(40-4)26(19-23)33-28(38)20-39-3/h5-6,8-11,18-19,29-30H,7,12-17,20H2,1-4H3,(H,33,38)(H,34,42)/t29-,30+/m0/s1. The number of benzene rings is 1. The molecule has 0 bridgehead atoms. The summed E-state index contributed by atoms with van der Waals surface area (Å²) < 4.78 is 18.5. The van der Waals surface area contributed by atoms with Crippen molar-refractivity contribution < 1.29 is 19.0 Å². The van der Waals surface area contributed by atoms with Crippen LogP contribution in [-0.2, 0) is 20.8 Å². The summed E-state index contributed by atoms with van der Waals surface area (Å²) in [6.07, 6.45) is 2.87. The zero-order valence-corrected chi connectivity index (χ0v) is 25.6. The number of rotatable bonds is 11. The van der Waals surface area contributed by atoms with E-state index in [0.29, 0.717) is 16.5 Å². The molecule has 2 aromatic heterocycles. The van der Waals surface area contributed by atoms with Crippen LogP contribution in [0.15, 0.2) is 48.7 Å². The molecule has 0 spiro atoms. The molecule has 3 aromatic rings. The Balaban J connectivity index is 1.50. The van der Waals surface area contributed by atoms with Crippen molar-refractivity contribution in [1.82, 2.24) is 19.8 Å². The van der Waals surface area contributed by atoms with Crippen LogP contribution in [0, 0.1) is 13.8 Å². The third kappa shape index (κ3) is 6.44. The number of hydrogen-bond donors (Lipinski definition) is 2. The number of pyridine rings is 1. The summed E-state index contributed by atoms with van der Waals surface area (Å²) in [5, 5.41) is 7.04. The van der Waals surface area contributed by atoms with Crippen LogP contribution >= 0.6 is 12.2 Å². The van der Waals surface area contributed by atoms with Crippen LogP contribution in [0.3, 0.4) is 0 Å². The van der Waals surface area contributed by atoms with Gasteiger partial charge in [0, 0.05) is 56.6 Å². The van der Waals surface area contributed by atoms with Crippen LogP contribution < -0.4 is 20.3 Å². The minimum absolute atomic E-state index is 0.0566. The summed E-state index contributed by atoms with van der Waals surface area (Å²) in [4.78, 5) is 21.7. The fraction of sp³-hybridized carbons (Fsp3) is 0.452. The maximum absolute atomic E-state index is 12.4. The van der Waals surface area contributed by atoms with Crippen molar-refractivity contribution in [1.29, 1.82) is 0 Å². The first-order chi connectivity index (χ1) is 20.4. The molecule has 5 rings (SSSR count). The van der Waals surface area contributed by atoms with E-state index in [1.54, 1.807) is 7.11 Å². The number of carbonyl (C=O) groups excluding carboxylic acids is 1. The smallest absolute Gasteiger partial charge is 0.250 e. The van der Waals surface area contributed by atoms with E-state index >= 15 is 0 Å². The van der Waals surface area contributed by atoms with Gasteiger partial charge in [0.2, 0.25) is 5.91 Å². The fourth-order valence-electron chi connectivity index (χ4n) is 5.96. The van der Waals surface area contributed by atoms with Crippen LogP contribution in [0.2, 0.25) is 0 Å². The van der Waals surface area contributed by atoms with Crippen molar-refractivity contribution in [3.8, 4) is 5.75 Å². The van der Waals surface area contributed by atoms with E-state index in [1.807, 2.05) is 42.6 Å². The van der Waals surface area contributed by atoms with Gasteiger partial charge in [0.05, 0.1) is 43.8 Å². The van der Waals surface area contributed by atoms with Gasteiger partial charge in [-0.2, -0.15) is 0 Å². The number of anilines is 2. The second kappa shape index (κ2) is 13.6. The highest BCUT2D eigenvalue weighted by Crippen LogP contribution is 2.44. The van der Waals surface area contributed by atoms with E-state index in [0.717, 1.165) is 57.2 Å². The molecule has 0 aliphatic carbocycles. The van der Waals surface area contributed by atoms with Crippen LogP contribution in [-0.4, -0.2) is 79.1 Å². The van der Waals surface area contributed by atoms with Crippen molar-refractivity contribution in [2.24, 2.45) is 0 Å². The maximum atomic E-state index is 12.4. The second-order valence-corrected chi connectivity index (χ2v) is 11.0. The number of carbonyl (C=O) groups is 1. The Labute approximate surface area is 252 Å². The molecule has 4 heterocycles. The summed E-state index contributed by atoms with van der Waals surface area (Å²) >= 11 is 5.96. The number of ether oxygens (including phenoxy) is 3. The molecule has 10 nitrogen and oxygen atoms in total. The highest BCUT2D eigenvalue weighted by molar-refractivity contribution is 7.80. The third-order valence-corrected chi connectivity index (χ3v) is 8.31. The Kier molecular flexibility index (Phi) is 9.73. The molecule has 1 aromatic carbocycles. The third-order valence-electron chi connectivity index (χ3n) is 8.00. The largest absolute Gasteiger partial charge is 0.495 e. The molecule has 224 valence electrons. The topological polar surface area (TPSA) is 93.1 Å². The molecule has 2 saturated heterocycles. The van der Waals surface area contributed by atoms with E-state index in [-0.39, 0.29) is 24.6 Å². The summed E-state index contributed by atoms with van der Waals surface area (Å²) in [6, 6.07) is 13.6. The first-order valence-electron chi connectivity index (χ1n) is 14.4. The predicted octanol–water partition coefficient (Wildman–Crippen LogP) is 3.99. The molecule has 2 aliphatic rings. The predicted molar refractivity (Wildman–Crippen MR) is 167 cm³/mol. The van der Waals surface area contributed by atoms with E-state index < -0.39 is 0 Å². The van der Waals surface area contributed by atoms with Gasteiger partial charge >= 0.3 is 0 Å².